The number of likely N-dealkylation sites (tertiary alicyclic amines) is 1. The van der Waals surface area contributed by atoms with Gasteiger partial charge < -0.3 is 15.7 Å². The molecule has 4 nitrogen and oxygen atoms in total. The number of rotatable bonds is 3. The van der Waals surface area contributed by atoms with Gasteiger partial charge in [0.1, 0.15) is 5.82 Å². The molecule has 0 radical (unpaired) electrons. The maximum Gasteiger partial charge on any atom is 0.254 e. The van der Waals surface area contributed by atoms with E-state index in [1.165, 1.54) is 18.2 Å². The maximum absolute atomic E-state index is 13.3. The van der Waals surface area contributed by atoms with Crippen molar-refractivity contribution in [2.45, 2.75) is 31.7 Å². The Morgan fingerprint density at radius 1 is 1.42 bits per heavy atom. The Bertz CT molecular complexity index is 443. The van der Waals surface area contributed by atoms with Gasteiger partial charge in [-0.05, 0) is 43.9 Å². The van der Waals surface area contributed by atoms with Gasteiger partial charge in [-0.25, -0.2) is 4.39 Å². The van der Waals surface area contributed by atoms with Gasteiger partial charge in [-0.1, -0.05) is 0 Å². The van der Waals surface area contributed by atoms with Crippen LogP contribution >= 0.6 is 0 Å². The van der Waals surface area contributed by atoms with E-state index in [4.69, 9.17) is 10.8 Å². The van der Waals surface area contributed by atoms with Crippen molar-refractivity contribution in [3.8, 4) is 0 Å². The third kappa shape index (κ3) is 3.23. The number of piperidine rings is 1. The van der Waals surface area contributed by atoms with Crippen LogP contribution in [0.1, 0.15) is 36.0 Å². The summed E-state index contributed by atoms with van der Waals surface area (Å²) in [5.74, 6) is -0.705. The number of anilines is 1. The maximum atomic E-state index is 13.3. The first-order valence-corrected chi connectivity index (χ1v) is 6.59. The molecule has 1 aromatic rings. The monoisotopic (exact) mass is 266 g/mol. The lowest BCUT2D eigenvalue weighted by atomic mass is 9.98. The average molecular weight is 266 g/mol. The standard InChI is InChI=1S/C14H19FN2O2/c15-11-7-10(8-12(16)9-11)14(19)17-5-2-1-3-13(17)4-6-18/h7-9,13,18H,1-6,16H2. The summed E-state index contributed by atoms with van der Waals surface area (Å²) in [6, 6.07) is 3.94. The lowest BCUT2D eigenvalue weighted by Crippen LogP contribution is -2.44. The molecule has 19 heavy (non-hydrogen) atoms. The van der Waals surface area contributed by atoms with E-state index in [0.717, 1.165) is 19.3 Å². The highest BCUT2D eigenvalue weighted by Gasteiger charge is 2.27. The number of nitrogens with zero attached hydrogens (tertiary/aromatic N) is 1. The molecule has 1 aliphatic rings. The molecule has 0 saturated carbocycles. The Morgan fingerprint density at radius 3 is 2.89 bits per heavy atom. The summed E-state index contributed by atoms with van der Waals surface area (Å²) >= 11 is 0. The van der Waals surface area contributed by atoms with E-state index in [0.29, 0.717) is 13.0 Å². The van der Waals surface area contributed by atoms with E-state index < -0.39 is 5.82 Å². The number of nitrogens with two attached hydrogens (primary N) is 1. The van der Waals surface area contributed by atoms with Gasteiger partial charge >= 0.3 is 0 Å². The minimum absolute atomic E-state index is 0.0377. The summed E-state index contributed by atoms with van der Waals surface area (Å²) in [6.07, 6.45) is 3.45. The molecule has 1 unspecified atom stereocenters. The number of carbonyl (C=O) groups excluding carboxylic acids is 1. The zero-order valence-electron chi connectivity index (χ0n) is 10.8. The number of aliphatic hydroxyl groups excluding tert-OH is 1. The Kier molecular flexibility index (Phi) is 4.37. The Balaban J connectivity index is 2.20. The molecule has 0 aromatic heterocycles. The van der Waals surface area contributed by atoms with Crippen molar-refractivity contribution in [3.63, 3.8) is 0 Å². The molecule has 0 aliphatic carbocycles. The first kappa shape index (κ1) is 13.8. The molecule has 3 N–H and O–H groups in total. The lowest BCUT2D eigenvalue weighted by Gasteiger charge is -2.35. The van der Waals surface area contributed by atoms with E-state index in [1.807, 2.05) is 0 Å². The summed E-state index contributed by atoms with van der Waals surface area (Å²) in [4.78, 5) is 14.1. The molecule has 1 atom stereocenters. The van der Waals surface area contributed by atoms with Crippen molar-refractivity contribution in [3.05, 3.63) is 29.6 Å². The lowest BCUT2D eigenvalue weighted by molar-refractivity contribution is 0.0574. The highest BCUT2D eigenvalue weighted by molar-refractivity contribution is 5.95. The number of benzene rings is 1. The summed E-state index contributed by atoms with van der Waals surface area (Å²) in [5.41, 5.74) is 6.10. The minimum atomic E-state index is -0.501. The van der Waals surface area contributed by atoms with Crippen LogP contribution in [0.3, 0.4) is 0 Å². The van der Waals surface area contributed by atoms with Gasteiger partial charge in [0.2, 0.25) is 0 Å². The van der Waals surface area contributed by atoms with Crippen LogP contribution in [-0.2, 0) is 0 Å². The average Bonchev–Trinajstić information content (AvgIpc) is 2.38. The smallest absolute Gasteiger partial charge is 0.254 e. The van der Waals surface area contributed by atoms with E-state index >= 15 is 0 Å². The molecule has 1 heterocycles. The first-order valence-electron chi connectivity index (χ1n) is 6.59. The van der Waals surface area contributed by atoms with Crippen molar-refractivity contribution in [2.24, 2.45) is 0 Å². The topological polar surface area (TPSA) is 66.6 Å². The van der Waals surface area contributed by atoms with Crippen molar-refractivity contribution in [1.29, 1.82) is 0 Å². The van der Waals surface area contributed by atoms with E-state index in [-0.39, 0.29) is 29.8 Å². The van der Waals surface area contributed by atoms with E-state index in [9.17, 15) is 9.18 Å². The van der Waals surface area contributed by atoms with Gasteiger partial charge in [-0.2, -0.15) is 0 Å². The molecule has 1 fully saturated rings. The van der Waals surface area contributed by atoms with Crippen molar-refractivity contribution in [2.75, 3.05) is 18.9 Å². The molecule has 1 aliphatic heterocycles. The fourth-order valence-electron chi connectivity index (χ4n) is 2.62. The van der Waals surface area contributed by atoms with Crippen molar-refractivity contribution < 1.29 is 14.3 Å². The number of amides is 1. The number of halogens is 1. The third-order valence-corrected chi connectivity index (χ3v) is 3.52. The Hall–Kier alpha value is -1.62. The highest BCUT2D eigenvalue weighted by atomic mass is 19.1. The zero-order valence-corrected chi connectivity index (χ0v) is 10.8. The SMILES string of the molecule is Nc1cc(F)cc(C(=O)N2CCCCC2CCO)c1. The van der Waals surface area contributed by atoms with Gasteiger partial charge in [0.05, 0.1) is 0 Å². The largest absolute Gasteiger partial charge is 0.399 e. The van der Waals surface area contributed by atoms with Gasteiger partial charge in [0.25, 0.3) is 5.91 Å². The molecule has 104 valence electrons. The summed E-state index contributed by atoms with van der Waals surface area (Å²) in [7, 11) is 0. The van der Waals surface area contributed by atoms with Crippen LogP contribution in [-0.4, -0.2) is 35.1 Å². The van der Waals surface area contributed by atoms with Gasteiger partial charge in [-0.15, -0.1) is 0 Å². The predicted molar refractivity (Wildman–Crippen MR) is 71.2 cm³/mol. The molecular weight excluding hydrogens is 247 g/mol. The zero-order chi connectivity index (χ0) is 13.8. The minimum Gasteiger partial charge on any atom is -0.399 e. The fourth-order valence-corrected chi connectivity index (χ4v) is 2.62. The second-order valence-corrected chi connectivity index (χ2v) is 4.93. The normalized spacial score (nSPS) is 19.5. The van der Waals surface area contributed by atoms with Gasteiger partial charge in [-0.3, -0.25) is 4.79 Å². The van der Waals surface area contributed by atoms with Crippen molar-refractivity contribution >= 4 is 11.6 Å². The molecule has 1 amide bonds. The van der Waals surface area contributed by atoms with E-state index in [1.54, 1.807) is 4.90 Å². The van der Waals surface area contributed by atoms with Crippen LogP contribution in [0.2, 0.25) is 0 Å². The van der Waals surface area contributed by atoms with Crippen LogP contribution in [0, 0.1) is 5.82 Å². The summed E-state index contributed by atoms with van der Waals surface area (Å²) in [6.45, 7) is 0.708. The van der Waals surface area contributed by atoms with Gasteiger partial charge in [0, 0.05) is 30.4 Å². The number of hydrogen-bond acceptors (Lipinski definition) is 3. The first-order chi connectivity index (χ1) is 9.11. The molecule has 1 aromatic carbocycles. The Labute approximate surface area is 112 Å². The fraction of sp³-hybridized carbons (Fsp3) is 0.500. The molecular formula is C14H19FN2O2. The number of carbonyl (C=O) groups is 1. The van der Waals surface area contributed by atoms with E-state index in [2.05, 4.69) is 0 Å². The van der Waals surface area contributed by atoms with Crippen LogP contribution in [0.15, 0.2) is 18.2 Å². The number of aliphatic hydroxyl groups is 1. The second kappa shape index (κ2) is 6.02. The summed E-state index contributed by atoms with van der Waals surface area (Å²) < 4.78 is 13.3. The van der Waals surface area contributed by atoms with Crippen LogP contribution in [0.4, 0.5) is 10.1 Å². The number of hydrogen-bond donors (Lipinski definition) is 2. The second-order valence-electron chi connectivity index (χ2n) is 4.93. The van der Waals surface area contributed by atoms with Crippen LogP contribution in [0.25, 0.3) is 0 Å². The molecule has 0 bridgehead atoms. The van der Waals surface area contributed by atoms with Crippen molar-refractivity contribution in [1.82, 2.24) is 4.90 Å². The summed E-state index contributed by atoms with van der Waals surface area (Å²) in [5, 5.41) is 9.06. The highest BCUT2D eigenvalue weighted by Crippen LogP contribution is 2.23. The third-order valence-electron chi connectivity index (χ3n) is 3.52. The van der Waals surface area contributed by atoms with Crippen LogP contribution < -0.4 is 5.73 Å². The quantitative estimate of drug-likeness (QED) is 0.820. The Morgan fingerprint density at radius 2 is 2.21 bits per heavy atom. The van der Waals surface area contributed by atoms with Crippen LogP contribution in [0.5, 0.6) is 0 Å². The molecule has 0 spiro atoms. The predicted octanol–water partition coefficient (Wildman–Crippen LogP) is 1.79. The molecule has 5 heteroatoms. The molecule has 1 saturated heterocycles. The van der Waals surface area contributed by atoms with Gasteiger partial charge in [0.15, 0.2) is 0 Å². The molecule has 2 rings (SSSR count). The number of nitrogen functional groups attached to an aromatic ring is 1.